The van der Waals surface area contributed by atoms with Crippen LogP contribution in [0.3, 0.4) is 0 Å². The molecule has 0 spiro atoms. The van der Waals surface area contributed by atoms with E-state index in [1.54, 1.807) is 0 Å². The molecule has 6 heteroatoms. The summed E-state index contributed by atoms with van der Waals surface area (Å²) in [5, 5.41) is 5.77. The van der Waals surface area contributed by atoms with Gasteiger partial charge in [-0.15, -0.1) is 0 Å². The van der Waals surface area contributed by atoms with Crippen molar-refractivity contribution in [2.45, 2.75) is 0 Å². The average Bonchev–Trinajstić information content (AvgIpc) is 4.01. The van der Waals surface area contributed by atoms with Crippen LogP contribution in [-0.4, -0.2) is 24.1 Å². The quantitative estimate of drug-likeness (QED) is 0.168. The van der Waals surface area contributed by atoms with Gasteiger partial charge in [-0.3, -0.25) is 9.97 Å². The second kappa shape index (κ2) is 14.0. The molecule has 0 amide bonds. The largest absolute Gasteiger partial charge is 0.454 e. The van der Waals surface area contributed by atoms with Crippen LogP contribution in [0.15, 0.2) is 217 Å². The number of para-hydroxylation sites is 2. The minimum absolute atomic E-state index is 0.785. The van der Waals surface area contributed by atoms with Crippen molar-refractivity contribution < 1.29 is 4.42 Å². The van der Waals surface area contributed by atoms with Crippen LogP contribution in [0, 0.1) is 0 Å². The maximum atomic E-state index is 6.07. The van der Waals surface area contributed by atoms with Crippen molar-refractivity contribution in [2.75, 3.05) is 0 Å². The first kappa shape index (κ1) is 35.2. The van der Waals surface area contributed by atoms with Crippen molar-refractivity contribution in [3.63, 3.8) is 0 Å². The van der Waals surface area contributed by atoms with E-state index in [-0.39, 0.29) is 0 Å². The van der Waals surface area contributed by atoms with E-state index >= 15 is 0 Å². The van der Waals surface area contributed by atoms with Crippen molar-refractivity contribution in [2.24, 2.45) is 0 Å². The first-order valence-corrected chi connectivity index (χ1v) is 21.2. The van der Waals surface area contributed by atoms with Crippen LogP contribution in [0.2, 0.25) is 0 Å². The van der Waals surface area contributed by atoms with Crippen LogP contribution in [0.25, 0.3) is 122 Å². The third kappa shape index (κ3) is 5.69. The molecule has 6 heterocycles. The minimum Gasteiger partial charge on any atom is -0.454 e. The van der Waals surface area contributed by atoms with Crippen LogP contribution in [0.4, 0.5) is 0 Å². The molecule has 13 rings (SSSR count). The fourth-order valence-electron chi connectivity index (χ4n) is 9.51. The Labute approximate surface area is 361 Å². The predicted octanol–water partition coefficient (Wildman–Crippen LogP) is 14.6. The van der Waals surface area contributed by atoms with Crippen LogP contribution in [0.1, 0.15) is 0 Å². The molecule has 0 saturated carbocycles. The van der Waals surface area contributed by atoms with Gasteiger partial charge in [-0.1, -0.05) is 115 Å². The molecule has 0 saturated heterocycles. The highest BCUT2D eigenvalue weighted by atomic mass is 16.3. The molecule has 0 aliphatic rings. The number of rotatable bonds is 6. The van der Waals surface area contributed by atoms with Gasteiger partial charge in [-0.25, -0.2) is 4.98 Å². The van der Waals surface area contributed by atoms with Crippen LogP contribution in [0.5, 0.6) is 0 Å². The third-order valence-electron chi connectivity index (χ3n) is 12.4. The Balaban J connectivity index is 0.938. The Bertz CT molecular complexity index is 3860. The molecule has 0 radical (unpaired) electrons. The predicted molar refractivity (Wildman–Crippen MR) is 258 cm³/mol. The summed E-state index contributed by atoms with van der Waals surface area (Å²) in [6.07, 6.45) is 5.69. The second-order valence-corrected chi connectivity index (χ2v) is 16.1. The van der Waals surface area contributed by atoms with E-state index in [0.29, 0.717) is 0 Å². The molecule has 6 nitrogen and oxygen atoms in total. The zero-order chi connectivity index (χ0) is 41.4. The summed E-state index contributed by atoms with van der Waals surface area (Å²) < 4.78 is 10.8. The van der Waals surface area contributed by atoms with Crippen LogP contribution < -0.4 is 0 Å². The maximum absolute atomic E-state index is 6.07. The molecule has 0 aliphatic heterocycles. The molecule has 294 valence electrons. The summed E-state index contributed by atoms with van der Waals surface area (Å²) in [6, 6.07) is 68.8. The van der Waals surface area contributed by atoms with E-state index in [1.165, 1.54) is 21.5 Å². The molecule has 63 heavy (non-hydrogen) atoms. The normalized spacial score (nSPS) is 11.8. The molecular weight excluding hydrogens is 771 g/mol. The Hall–Kier alpha value is -8.61. The van der Waals surface area contributed by atoms with Gasteiger partial charge in [0, 0.05) is 56.0 Å². The van der Waals surface area contributed by atoms with Gasteiger partial charge in [-0.05, 0) is 95.6 Å². The van der Waals surface area contributed by atoms with Gasteiger partial charge in [0.1, 0.15) is 11.1 Å². The monoisotopic (exact) mass is 805 g/mol. The Kier molecular flexibility index (Phi) is 7.80. The second-order valence-electron chi connectivity index (χ2n) is 16.1. The lowest BCUT2D eigenvalue weighted by Crippen LogP contribution is -1.98. The Morgan fingerprint density at radius 1 is 0.349 bits per heavy atom. The lowest BCUT2D eigenvalue weighted by molar-refractivity contribution is 0.668. The fourth-order valence-corrected chi connectivity index (χ4v) is 9.51. The van der Waals surface area contributed by atoms with E-state index in [4.69, 9.17) is 14.4 Å². The maximum Gasteiger partial charge on any atom is 0.153 e. The zero-order valence-corrected chi connectivity index (χ0v) is 33.9. The van der Waals surface area contributed by atoms with Crippen molar-refractivity contribution in [1.82, 2.24) is 24.1 Å². The van der Waals surface area contributed by atoms with Crippen molar-refractivity contribution in [1.29, 1.82) is 0 Å². The molecule has 0 fully saturated rings. The first-order valence-electron chi connectivity index (χ1n) is 21.2. The summed E-state index contributed by atoms with van der Waals surface area (Å²) in [5.41, 5.74) is 17.5. The van der Waals surface area contributed by atoms with Gasteiger partial charge in [0.2, 0.25) is 0 Å². The van der Waals surface area contributed by atoms with Crippen molar-refractivity contribution in [3.05, 3.63) is 213 Å². The van der Waals surface area contributed by atoms with E-state index in [9.17, 15) is 0 Å². The van der Waals surface area contributed by atoms with Crippen LogP contribution >= 0.6 is 0 Å². The molecule has 6 aromatic heterocycles. The molecule has 7 aromatic carbocycles. The summed E-state index contributed by atoms with van der Waals surface area (Å²) in [4.78, 5) is 14.6. The number of aromatic nitrogens is 5. The summed E-state index contributed by atoms with van der Waals surface area (Å²) in [5.74, 6) is 0. The fraction of sp³-hybridized carbons (Fsp3) is 0. The van der Waals surface area contributed by atoms with Gasteiger partial charge in [0.05, 0.1) is 51.0 Å². The number of pyridine rings is 3. The summed E-state index contributed by atoms with van der Waals surface area (Å²) in [6.45, 7) is 0. The lowest BCUT2D eigenvalue weighted by Gasteiger charge is -2.13. The van der Waals surface area contributed by atoms with E-state index in [2.05, 4.69) is 178 Å². The average molecular weight is 806 g/mol. The molecule has 0 bridgehead atoms. The van der Waals surface area contributed by atoms with Gasteiger partial charge < -0.3 is 13.6 Å². The van der Waals surface area contributed by atoms with Gasteiger partial charge in [0.15, 0.2) is 5.58 Å². The van der Waals surface area contributed by atoms with Gasteiger partial charge >= 0.3 is 0 Å². The number of furan rings is 1. The standard InChI is InChI=1S/C57H35N5O/c1-3-12-36(13-4-1)49-32-42(33-50(60-49)37-14-5-2-6-15-37)61-51-18-9-7-16-44(51)46-29-38(21-24-53(46)61)39-22-25-54-47(30-39)45-17-8-10-19-52(45)62(54)43-28-41(34-58-35-43)40-23-26-55-48(31-40)57-56(63-55)20-11-27-59-57/h1-35H. The lowest BCUT2D eigenvalue weighted by atomic mass is 10.0. The first-order chi connectivity index (χ1) is 31.2. The molecule has 0 atom stereocenters. The topological polar surface area (TPSA) is 61.7 Å². The van der Waals surface area contributed by atoms with Crippen LogP contribution in [-0.2, 0) is 0 Å². The Morgan fingerprint density at radius 2 is 0.889 bits per heavy atom. The SMILES string of the molecule is c1ccc(-c2cc(-n3c4ccccc4c4cc(-c5ccc6c(c5)c5ccccc5n6-c5cncc(-c6ccc7oc8cccnc8c7c6)c5)ccc43)cc(-c3ccccc3)n2)cc1. The zero-order valence-electron chi connectivity index (χ0n) is 33.9. The smallest absolute Gasteiger partial charge is 0.153 e. The molecule has 0 N–H and O–H groups in total. The number of fused-ring (bicyclic) bond motifs is 9. The van der Waals surface area contributed by atoms with E-state index < -0.39 is 0 Å². The number of benzene rings is 7. The van der Waals surface area contributed by atoms with Gasteiger partial charge in [0.25, 0.3) is 0 Å². The summed E-state index contributed by atoms with van der Waals surface area (Å²) >= 11 is 0. The van der Waals surface area contributed by atoms with E-state index in [0.717, 1.165) is 100 Å². The Morgan fingerprint density at radius 3 is 1.54 bits per heavy atom. The van der Waals surface area contributed by atoms with Crippen molar-refractivity contribution >= 4 is 65.7 Å². The highest BCUT2D eigenvalue weighted by molar-refractivity contribution is 6.13. The highest BCUT2D eigenvalue weighted by Crippen LogP contribution is 2.40. The summed E-state index contributed by atoms with van der Waals surface area (Å²) in [7, 11) is 0. The third-order valence-corrected chi connectivity index (χ3v) is 12.4. The molecule has 13 aromatic rings. The molecule has 0 aliphatic carbocycles. The molecular formula is C57H35N5O. The van der Waals surface area contributed by atoms with E-state index in [1.807, 2.05) is 48.9 Å². The number of nitrogens with zero attached hydrogens (tertiary/aromatic N) is 5. The number of hydrogen-bond donors (Lipinski definition) is 0. The molecule has 0 unspecified atom stereocenters. The number of hydrogen-bond acceptors (Lipinski definition) is 4. The van der Waals surface area contributed by atoms with Crippen molar-refractivity contribution in [3.8, 4) is 56.1 Å². The highest BCUT2D eigenvalue weighted by Gasteiger charge is 2.19. The minimum atomic E-state index is 0.785. The van der Waals surface area contributed by atoms with Gasteiger partial charge in [-0.2, -0.15) is 0 Å².